The van der Waals surface area contributed by atoms with Crippen molar-refractivity contribution in [1.29, 1.82) is 0 Å². The molecule has 7 rings (SSSR count). The van der Waals surface area contributed by atoms with Crippen molar-refractivity contribution < 1.29 is 38.1 Å². The second-order valence-corrected chi connectivity index (χ2v) is 13.9. The van der Waals surface area contributed by atoms with Crippen molar-refractivity contribution in [2.75, 3.05) is 0 Å². The summed E-state index contributed by atoms with van der Waals surface area (Å²) in [6, 6.07) is 14.5. The smallest absolute Gasteiger partial charge is 0.335 e. The van der Waals surface area contributed by atoms with Crippen LogP contribution < -0.4 is 9.47 Å². The number of benzene rings is 2. The van der Waals surface area contributed by atoms with Crippen LogP contribution in [0.25, 0.3) is 0 Å². The monoisotopic (exact) mass is 652 g/mol. The van der Waals surface area contributed by atoms with E-state index in [1.807, 2.05) is 38.1 Å². The lowest BCUT2D eigenvalue weighted by atomic mass is 9.44. The van der Waals surface area contributed by atoms with Crippen molar-refractivity contribution in [3.05, 3.63) is 82.0 Å². The molecule has 0 atom stereocenters. The molecule has 0 aromatic heterocycles. The minimum atomic E-state index is -1.18. The van der Waals surface area contributed by atoms with Gasteiger partial charge in [0, 0.05) is 24.0 Å². The van der Waals surface area contributed by atoms with Gasteiger partial charge >= 0.3 is 23.9 Å². The first kappa shape index (κ1) is 32.4. The van der Waals surface area contributed by atoms with Gasteiger partial charge in [0.1, 0.15) is 11.5 Å². The number of hydrogen-bond donors (Lipinski definition) is 0. The maximum atomic E-state index is 14.2. The van der Waals surface area contributed by atoms with E-state index in [9.17, 15) is 19.2 Å². The Morgan fingerprint density at radius 1 is 0.604 bits per heavy atom. The van der Waals surface area contributed by atoms with Crippen molar-refractivity contribution in [2.24, 2.45) is 11.8 Å². The quantitative estimate of drug-likeness (QED) is 0.160. The third-order valence-electron chi connectivity index (χ3n) is 10.9. The fourth-order valence-electron chi connectivity index (χ4n) is 8.94. The molecule has 2 aromatic carbocycles. The van der Waals surface area contributed by atoms with E-state index in [1.54, 1.807) is 24.3 Å². The molecule has 5 aliphatic rings. The largest absolute Gasteiger partial charge is 0.449 e. The molecule has 48 heavy (non-hydrogen) atoms. The molecule has 0 N–H and O–H groups in total. The summed E-state index contributed by atoms with van der Waals surface area (Å²) >= 11 is 0. The molecule has 2 saturated heterocycles. The van der Waals surface area contributed by atoms with Gasteiger partial charge in [-0.15, -0.1) is 0 Å². The van der Waals surface area contributed by atoms with Crippen LogP contribution in [0.4, 0.5) is 0 Å². The molecule has 5 fully saturated rings. The van der Waals surface area contributed by atoms with Crippen molar-refractivity contribution in [3.8, 4) is 11.5 Å². The van der Waals surface area contributed by atoms with Gasteiger partial charge in [-0.05, 0) is 99.6 Å². The van der Waals surface area contributed by atoms with Crippen LogP contribution in [0, 0.1) is 11.8 Å². The van der Waals surface area contributed by atoms with E-state index in [0.717, 1.165) is 86.5 Å². The van der Waals surface area contributed by atoms with Crippen molar-refractivity contribution in [1.82, 2.24) is 0 Å². The molecule has 8 nitrogen and oxygen atoms in total. The molecule has 0 amide bonds. The van der Waals surface area contributed by atoms with Crippen molar-refractivity contribution in [2.45, 2.75) is 115 Å². The van der Waals surface area contributed by atoms with E-state index >= 15 is 0 Å². The minimum absolute atomic E-state index is 0.302. The van der Waals surface area contributed by atoms with Gasteiger partial charge in [-0.3, -0.25) is 9.59 Å². The van der Waals surface area contributed by atoms with Crippen LogP contribution in [0.1, 0.15) is 115 Å². The van der Waals surface area contributed by atoms with Gasteiger partial charge in [-0.25, -0.2) is 9.59 Å². The van der Waals surface area contributed by atoms with Crippen LogP contribution in [-0.2, 0) is 39.9 Å². The Bertz CT molecular complexity index is 1530. The summed E-state index contributed by atoms with van der Waals surface area (Å²) < 4.78 is 24.4. The molecule has 8 heteroatoms. The Labute approximate surface area is 281 Å². The number of allylic oxidation sites excluding steroid dienone is 2. The number of fused-ring (bicyclic) bond motifs is 4. The van der Waals surface area contributed by atoms with Crippen LogP contribution in [0.2, 0.25) is 0 Å². The van der Waals surface area contributed by atoms with Gasteiger partial charge in [0.25, 0.3) is 0 Å². The Kier molecular flexibility index (Phi) is 8.77. The third-order valence-corrected chi connectivity index (χ3v) is 10.9. The lowest BCUT2D eigenvalue weighted by molar-refractivity contribution is -0.250. The molecule has 2 aliphatic heterocycles. The van der Waals surface area contributed by atoms with Crippen LogP contribution in [0.5, 0.6) is 11.5 Å². The highest BCUT2D eigenvalue weighted by atomic mass is 16.6. The summed E-state index contributed by atoms with van der Waals surface area (Å²) in [5.74, 6) is -1.62. The molecule has 0 unspecified atom stereocenters. The molecule has 2 heterocycles. The van der Waals surface area contributed by atoms with E-state index in [0.29, 0.717) is 48.3 Å². The van der Waals surface area contributed by atoms with E-state index in [-0.39, 0.29) is 23.9 Å². The summed E-state index contributed by atoms with van der Waals surface area (Å²) in [4.78, 5) is 53.0. The van der Waals surface area contributed by atoms with Crippen LogP contribution in [0.15, 0.2) is 70.8 Å². The summed E-state index contributed by atoms with van der Waals surface area (Å²) in [5.41, 5.74) is 2.57. The molecule has 0 radical (unpaired) electrons. The van der Waals surface area contributed by atoms with Gasteiger partial charge in [-0.2, -0.15) is 0 Å². The van der Waals surface area contributed by atoms with Crippen LogP contribution >= 0.6 is 0 Å². The highest BCUT2D eigenvalue weighted by molar-refractivity contribution is 6.00. The zero-order valence-electron chi connectivity index (χ0n) is 27.9. The first-order valence-electron chi connectivity index (χ1n) is 17.9. The number of rotatable bonds is 8. The lowest BCUT2D eigenvalue weighted by Gasteiger charge is -2.59. The highest BCUT2D eigenvalue weighted by Crippen LogP contribution is 2.77. The van der Waals surface area contributed by atoms with Gasteiger partial charge < -0.3 is 18.9 Å². The Balaban J connectivity index is 1.40. The lowest BCUT2D eigenvalue weighted by Crippen LogP contribution is -2.67. The average molecular weight is 653 g/mol. The predicted molar refractivity (Wildman–Crippen MR) is 177 cm³/mol. The Morgan fingerprint density at radius 2 is 0.958 bits per heavy atom. The molecular weight excluding hydrogens is 608 g/mol. The molecule has 3 aliphatic carbocycles. The maximum Gasteiger partial charge on any atom is 0.335 e. The molecule has 0 bridgehead atoms. The van der Waals surface area contributed by atoms with Gasteiger partial charge in [0.15, 0.2) is 11.2 Å². The molecule has 252 valence electrons. The molecular formula is C40H44O8. The number of ether oxygens (including phenoxy) is 4. The van der Waals surface area contributed by atoms with Gasteiger partial charge in [0.2, 0.25) is 0 Å². The maximum absolute atomic E-state index is 14.2. The Hall–Kier alpha value is -4.20. The van der Waals surface area contributed by atoms with Crippen LogP contribution in [0.3, 0.4) is 0 Å². The standard InChI is InChI=1S/C40H44O8/c1-3-11-31(41)45-29-21-17-27(18-22-29)39-35(33(37(43)47-39)25-13-7-5-8-14-25)40(28-19-23-30(24-20-28)46-32(42)12-4-2)36(39)34(38(44)48-40)26-15-9-6-10-16-26/h17-24,35-36H,3-16H2,1-2H3. The van der Waals surface area contributed by atoms with Crippen LogP contribution in [-0.4, -0.2) is 23.9 Å². The first-order chi connectivity index (χ1) is 23.3. The molecule has 2 aromatic rings. The Morgan fingerprint density at radius 3 is 1.29 bits per heavy atom. The average Bonchev–Trinajstić information content (AvgIpc) is 3.53. The molecule has 0 spiro atoms. The minimum Gasteiger partial charge on any atom is -0.449 e. The summed E-state index contributed by atoms with van der Waals surface area (Å²) in [6.45, 7) is 3.85. The van der Waals surface area contributed by atoms with Gasteiger partial charge in [0.05, 0.1) is 11.8 Å². The second kappa shape index (κ2) is 13.0. The number of carbonyl (C=O) groups is 4. The second-order valence-electron chi connectivity index (χ2n) is 13.9. The van der Waals surface area contributed by atoms with Gasteiger partial charge in [-0.1, -0.05) is 62.1 Å². The van der Waals surface area contributed by atoms with E-state index < -0.39 is 23.0 Å². The highest BCUT2D eigenvalue weighted by Gasteiger charge is 2.85. The SMILES string of the molecule is CCCC(=O)Oc1ccc(C23OC(=O)C(=C4CCCCC4)C2C2(c4ccc(OC(=O)CCC)cc4)OC(=O)C(=C4CCCCC4)C32)cc1. The number of esters is 4. The predicted octanol–water partition coefficient (Wildman–Crippen LogP) is 8.07. The first-order valence-corrected chi connectivity index (χ1v) is 17.9. The topological polar surface area (TPSA) is 105 Å². The number of carbonyl (C=O) groups excluding carboxylic acids is 4. The summed E-state index contributed by atoms with van der Waals surface area (Å²) in [7, 11) is 0. The zero-order chi connectivity index (χ0) is 33.5. The van der Waals surface area contributed by atoms with Crippen molar-refractivity contribution >= 4 is 23.9 Å². The molecule has 3 saturated carbocycles. The summed E-state index contributed by atoms with van der Waals surface area (Å²) in [5, 5.41) is 0. The number of hydrogen-bond acceptors (Lipinski definition) is 8. The van der Waals surface area contributed by atoms with Crippen molar-refractivity contribution in [3.63, 3.8) is 0 Å². The van der Waals surface area contributed by atoms with E-state index in [4.69, 9.17) is 18.9 Å². The fraction of sp³-hybridized carbons (Fsp3) is 0.500. The fourth-order valence-corrected chi connectivity index (χ4v) is 8.94. The normalized spacial score (nSPS) is 27.9. The van der Waals surface area contributed by atoms with E-state index in [2.05, 4.69) is 0 Å². The third kappa shape index (κ3) is 5.19. The zero-order valence-corrected chi connectivity index (χ0v) is 27.9. The summed E-state index contributed by atoms with van der Waals surface area (Å²) in [6.07, 6.45) is 11.4. The van der Waals surface area contributed by atoms with E-state index in [1.165, 1.54) is 0 Å².